The minimum absolute atomic E-state index is 0.0698. The molecule has 0 amide bonds. The first-order valence-corrected chi connectivity index (χ1v) is 7.10. The van der Waals surface area contributed by atoms with Crippen molar-refractivity contribution in [1.82, 2.24) is 4.98 Å². The maximum atomic E-state index is 11.1. The Balaban J connectivity index is 2.20. The Kier molecular flexibility index (Phi) is 4.64. The number of carboxylic acid groups (broad SMARTS) is 1. The van der Waals surface area contributed by atoms with Crippen LogP contribution in [0.1, 0.15) is 49.0 Å². The normalized spacial score (nSPS) is 16.9. The Hall–Kier alpha value is -1.29. The maximum Gasteiger partial charge on any atom is 0.356 e. The van der Waals surface area contributed by atoms with Gasteiger partial charge in [0.15, 0.2) is 5.69 Å². The highest BCUT2D eigenvalue weighted by Crippen LogP contribution is 2.26. The molecule has 0 radical (unpaired) electrons. The monoisotopic (exact) mass is 282 g/mol. The lowest BCUT2D eigenvalue weighted by Gasteiger charge is -2.28. The van der Waals surface area contributed by atoms with Crippen LogP contribution in [-0.2, 0) is 0 Å². The highest BCUT2D eigenvalue weighted by molar-refractivity contribution is 6.33. The predicted octanol–water partition coefficient (Wildman–Crippen LogP) is 3.59. The Morgan fingerprint density at radius 3 is 2.53 bits per heavy atom. The van der Waals surface area contributed by atoms with Crippen LogP contribution in [0.4, 0.5) is 5.82 Å². The molecule has 1 heterocycles. The number of pyridine rings is 1. The summed E-state index contributed by atoms with van der Waals surface area (Å²) in [5.74, 6) is -0.394. The van der Waals surface area contributed by atoms with Crippen molar-refractivity contribution in [3.63, 3.8) is 0 Å². The van der Waals surface area contributed by atoms with E-state index in [1.54, 1.807) is 12.1 Å². The molecule has 5 heteroatoms. The summed E-state index contributed by atoms with van der Waals surface area (Å²) >= 11 is 5.85. The van der Waals surface area contributed by atoms with Gasteiger partial charge in [0, 0.05) is 13.1 Å². The Morgan fingerprint density at radius 2 is 1.95 bits per heavy atom. The average molecular weight is 283 g/mol. The first kappa shape index (κ1) is 14.1. The summed E-state index contributed by atoms with van der Waals surface area (Å²) in [5.41, 5.74) is -0.0698. The SMILES string of the molecule is CN(c1ccc(Cl)c(C(=O)O)n1)C1CCCCCC1. The van der Waals surface area contributed by atoms with Crippen LogP contribution in [0.3, 0.4) is 0 Å². The first-order chi connectivity index (χ1) is 9.09. The van der Waals surface area contributed by atoms with Gasteiger partial charge in [-0.3, -0.25) is 0 Å². The highest BCUT2D eigenvalue weighted by atomic mass is 35.5. The van der Waals surface area contributed by atoms with Crippen LogP contribution < -0.4 is 4.90 Å². The lowest BCUT2D eigenvalue weighted by atomic mass is 10.1. The van der Waals surface area contributed by atoms with E-state index >= 15 is 0 Å². The first-order valence-electron chi connectivity index (χ1n) is 6.72. The van der Waals surface area contributed by atoms with Crippen molar-refractivity contribution in [2.24, 2.45) is 0 Å². The van der Waals surface area contributed by atoms with Gasteiger partial charge in [0.2, 0.25) is 0 Å². The van der Waals surface area contributed by atoms with Crippen molar-refractivity contribution in [2.45, 2.75) is 44.6 Å². The van der Waals surface area contributed by atoms with Crippen molar-refractivity contribution in [3.8, 4) is 0 Å². The molecule has 1 aromatic rings. The van der Waals surface area contributed by atoms with E-state index in [0.29, 0.717) is 11.9 Å². The Bertz CT molecular complexity index is 457. The van der Waals surface area contributed by atoms with E-state index in [1.807, 2.05) is 7.05 Å². The summed E-state index contributed by atoms with van der Waals surface area (Å²) in [6.07, 6.45) is 7.33. The molecule has 104 valence electrons. The maximum absolute atomic E-state index is 11.1. The van der Waals surface area contributed by atoms with Gasteiger partial charge < -0.3 is 10.0 Å². The molecule has 0 bridgehead atoms. The van der Waals surface area contributed by atoms with E-state index < -0.39 is 5.97 Å². The number of aromatic carboxylic acids is 1. The van der Waals surface area contributed by atoms with Gasteiger partial charge in [0.05, 0.1) is 5.02 Å². The van der Waals surface area contributed by atoms with E-state index in [2.05, 4.69) is 9.88 Å². The van der Waals surface area contributed by atoms with Gasteiger partial charge in [-0.15, -0.1) is 0 Å². The molecule has 0 unspecified atom stereocenters. The van der Waals surface area contributed by atoms with Crippen molar-refractivity contribution in [3.05, 3.63) is 22.8 Å². The largest absolute Gasteiger partial charge is 0.476 e. The Labute approximate surface area is 118 Å². The topological polar surface area (TPSA) is 53.4 Å². The molecule has 1 N–H and O–H groups in total. The zero-order valence-corrected chi connectivity index (χ0v) is 11.9. The number of nitrogens with zero attached hydrogens (tertiary/aromatic N) is 2. The van der Waals surface area contributed by atoms with Gasteiger partial charge in [-0.2, -0.15) is 0 Å². The van der Waals surface area contributed by atoms with Gasteiger partial charge in [0.25, 0.3) is 0 Å². The summed E-state index contributed by atoms with van der Waals surface area (Å²) in [6, 6.07) is 3.85. The molecule has 2 rings (SSSR count). The molecule has 19 heavy (non-hydrogen) atoms. The Morgan fingerprint density at radius 1 is 1.32 bits per heavy atom. The van der Waals surface area contributed by atoms with Gasteiger partial charge >= 0.3 is 5.97 Å². The minimum atomic E-state index is -1.08. The zero-order chi connectivity index (χ0) is 13.8. The number of anilines is 1. The second-order valence-corrected chi connectivity index (χ2v) is 5.47. The van der Waals surface area contributed by atoms with Gasteiger partial charge in [-0.05, 0) is 25.0 Å². The van der Waals surface area contributed by atoms with Crippen LogP contribution in [0.2, 0.25) is 5.02 Å². The van der Waals surface area contributed by atoms with E-state index in [4.69, 9.17) is 16.7 Å². The molecular weight excluding hydrogens is 264 g/mol. The molecule has 0 saturated heterocycles. The van der Waals surface area contributed by atoms with Crippen LogP contribution in [0.15, 0.2) is 12.1 Å². The third-order valence-electron chi connectivity index (χ3n) is 3.77. The van der Waals surface area contributed by atoms with E-state index in [9.17, 15) is 4.79 Å². The molecular formula is C14H19ClN2O2. The lowest BCUT2D eigenvalue weighted by molar-refractivity contribution is 0.0691. The van der Waals surface area contributed by atoms with Crippen molar-refractivity contribution in [2.75, 3.05) is 11.9 Å². The van der Waals surface area contributed by atoms with E-state index in [1.165, 1.54) is 25.7 Å². The minimum Gasteiger partial charge on any atom is -0.476 e. The number of hydrogen-bond donors (Lipinski definition) is 1. The zero-order valence-electron chi connectivity index (χ0n) is 11.1. The molecule has 1 fully saturated rings. The summed E-state index contributed by atoms with van der Waals surface area (Å²) in [6.45, 7) is 0. The predicted molar refractivity (Wildman–Crippen MR) is 76.1 cm³/mol. The number of hydrogen-bond acceptors (Lipinski definition) is 3. The van der Waals surface area contributed by atoms with Crippen molar-refractivity contribution < 1.29 is 9.90 Å². The highest BCUT2D eigenvalue weighted by Gasteiger charge is 2.20. The lowest BCUT2D eigenvalue weighted by Crippen LogP contribution is -2.32. The third kappa shape index (κ3) is 3.38. The third-order valence-corrected chi connectivity index (χ3v) is 4.07. The summed E-state index contributed by atoms with van der Waals surface area (Å²) in [4.78, 5) is 17.3. The number of carbonyl (C=O) groups is 1. The molecule has 1 aliphatic carbocycles. The smallest absolute Gasteiger partial charge is 0.356 e. The van der Waals surface area contributed by atoms with Crippen molar-refractivity contribution in [1.29, 1.82) is 0 Å². The van der Waals surface area contributed by atoms with Crippen LogP contribution in [0.5, 0.6) is 0 Å². The van der Waals surface area contributed by atoms with Gasteiger partial charge in [0.1, 0.15) is 5.82 Å². The van der Waals surface area contributed by atoms with Crippen LogP contribution in [-0.4, -0.2) is 29.1 Å². The molecule has 0 atom stereocenters. The summed E-state index contributed by atoms with van der Waals surface area (Å²) in [7, 11) is 1.98. The summed E-state index contributed by atoms with van der Waals surface area (Å²) < 4.78 is 0. The molecule has 0 aromatic carbocycles. The second kappa shape index (κ2) is 6.24. The van der Waals surface area contributed by atoms with E-state index in [-0.39, 0.29) is 10.7 Å². The molecule has 1 saturated carbocycles. The second-order valence-electron chi connectivity index (χ2n) is 5.06. The average Bonchev–Trinajstić information content (AvgIpc) is 2.67. The number of rotatable bonds is 3. The van der Waals surface area contributed by atoms with Crippen molar-refractivity contribution >= 4 is 23.4 Å². The number of carboxylic acids is 1. The molecule has 1 aromatic heterocycles. The molecule has 0 spiro atoms. The molecule has 0 aliphatic heterocycles. The van der Waals surface area contributed by atoms with Crippen LogP contribution >= 0.6 is 11.6 Å². The quantitative estimate of drug-likeness (QED) is 0.861. The fourth-order valence-corrected chi connectivity index (χ4v) is 2.80. The number of halogens is 1. The molecule has 4 nitrogen and oxygen atoms in total. The van der Waals surface area contributed by atoms with Gasteiger partial charge in [-0.25, -0.2) is 9.78 Å². The van der Waals surface area contributed by atoms with Gasteiger partial charge in [-0.1, -0.05) is 37.3 Å². The van der Waals surface area contributed by atoms with Crippen LogP contribution in [0, 0.1) is 0 Å². The number of aromatic nitrogens is 1. The molecule has 1 aliphatic rings. The summed E-state index contributed by atoms with van der Waals surface area (Å²) in [5, 5.41) is 9.25. The standard InChI is InChI=1S/C14H19ClN2O2/c1-17(10-6-4-2-3-5-7-10)12-9-8-11(15)13(16-12)14(18)19/h8-10H,2-7H2,1H3,(H,18,19). The van der Waals surface area contributed by atoms with Crippen LogP contribution in [0.25, 0.3) is 0 Å². The fourth-order valence-electron chi connectivity index (χ4n) is 2.61. The fraction of sp³-hybridized carbons (Fsp3) is 0.571. The van der Waals surface area contributed by atoms with E-state index in [0.717, 1.165) is 12.8 Å².